The number of aromatic nitrogens is 6. The molecule has 1 radical (unpaired) electrons. The summed E-state index contributed by atoms with van der Waals surface area (Å²) in [4.78, 5) is 13.7. The quantitative estimate of drug-likeness (QED) is 0.248. The van der Waals surface area contributed by atoms with Gasteiger partial charge in [0.25, 0.3) is 9.04 Å². The summed E-state index contributed by atoms with van der Waals surface area (Å²) in [5, 5.41) is 24.3. The predicted molar refractivity (Wildman–Crippen MR) is 159 cm³/mol. The Hall–Kier alpha value is -3.78. The Morgan fingerprint density at radius 2 is 1.88 bits per heavy atom. The molecule has 41 heavy (non-hydrogen) atoms. The lowest BCUT2D eigenvalue weighted by atomic mass is 10.1. The van der Waals surface area contributed by atoms with E-state index in [1.54, 1.807) is 30.5 Å². The van der Waals surface area contributed by atoms with E-state index in [-0.39, 0.29) is 6.61 Å². The van der Waals surface area contributed by atoms with Crippen LogP contribution in [0.1, 0.15) is 6.42 Å². The lowest BCUT2D eigenvalue weighted by Crippen LogP contribution is -2.32. The maximum Gasteiger partial charge on any atom is 0.300 e. The SMILES string of the molecule is COc1cc(N2CCCN(CCO)CC2)ccc1Nc1ncc(-c2ccc(Cl)c(O[Si](C)Cn3cnnn3)c2)cn1. The molecule has 215 valence electrons. The first-order chi connectivity index (χ1) is 20.0. The normalized spacial score (nSPS) is 14.2. The molecule has 0 saturated carbocycles. The van der Waals surface area contributed by atoms with Crippen LogP contribution >= 0.6 is 11.6 Å². The van der Waals surface area contributed by atoms with Crippen molar-refractivity contribution < 1.29 is 14.3 Å². The number of ether oxygens (including phenoxy) is 1. The van der Waals surface area contributed by atoms with Crippen molar-refractivity contribution in [1.29, 1.82) is 0 Å². The van der Waals surface area contributed by atoms with Crippen LogP contribution in [0.5, 0.6) is 11.5 Å². The largest absolute Gasteiger partial charge is 0.539 e. The minimum atomic E-state index is -1.28. The first-order valence-electron chi connectivity index (χ1n) is 13.4. The van der Waals surface area contributed by atoms with Crippen LogP contribution in [0.3, 0.4) is 0 Å². The number of hydrogen-bond acceptors (Lipinski definition) is 11. The number of β-amino-alcohol motifs (C(OH)–C–C–N with tert-alkyl or cyclic N) is 1. The van der Waals surface area contributed by atoms with Gasteiger partial charge in [0.1, 0.15) is 17.8 Å². The van der Waals surface area contributed by atoms with Crippen molar-refractivity contribution in [2.75, 3.05) is 56.7 Å². The van der Waals surface area contributed by atoms with E-state index in [0.717, 1.165) is 61.6 Å². The Bertz CT molecular complexity index is 1410. The molecule has 3 heterocycles. The van der Waals surface area contributed by atoms with Crippen LogP contribution in [-0.2, 0) is 6.17 Å². The Morgan fingerprint density at radius 1 is 1.02 bits per heavy atom. The number of aliphatic hydroxyl groups is 1. The van der Waals surface area contributed by atoms with Gasteiger partial charge in [-0.3, -0.25) is 4.90 Å². The van der Waals surface area contributed by atoms with Crippen LogP contribution in [0.25, 0.3) is 11.1 Å². The topological polar surface area (TPSA) is 127 Å². The number of rotatable bonds is 11. The van der Waals surface area contributed by atoms with E-state index < -0.39 is 9.04 Å². The molecule has 1 aliphatic heterocycles. The highest BCUT2D eigenvalue weighted by Crippen LogP contribution is 2.33. The predicted octanol–water partition coefficient (Wildman–Crippen LogP) is 3.28. The van der Waals surface area contributed by atoms with Crippen LogP contribution in [0, 0.1) is 0 Å². The number of benzene rings is 2. The lowest BCUT2D eigenvalue weighted by Gasteiger charge is -2.24. The standard InChI is InChI=1S/C27H33ClN9O3Si/c1-39-26-15-22(36-9-3-8-35(10-11-36)12-13-38)5-7-24(26)32-27-29-16-21(17-30-27)20-4-6-23(28)25(14-20)40-41(2)19-37-18-31-33-34-37/h4-7,14-18,38H,3,8-13,19H2,1-2H3,(H,29,30,32). The number of nitrogens with zero attached hydrogens (tertiary/aromatic N) is 8. The molecule has 0 atom stereocenters. The van der Waals surface area contributed by atoms with Gasteiger partial charge in [-0.1, -0.05) is 17.7 Å². The Kier molecular flexibility index (Phi) is 9.62. The van der Waals surface area contributed by atoms with Gasteiger partial charge in [0, 0.05) is 55.9 Å². The van der Waals surface area contributed by atoms with E-state index in [0.29, 0.717) is 28.6 Å². The van der Waals surface area contributed by atoms with Gasteiger partial charge in [-0.25, -0.2) is 14.6 Å². The molecule has 0 unspecified atom stereocenters. The van der Waals surface area contributed by atoms with Gasteiger partial charge in [-0.2, -0.15) is 0 Å². The zero-order valence-electron chi connectivity index (χ0n) is 23.1. The summed E-state index contributed by atoms with van der Waals surface area (Å²) in [5.41, 5.74) is 3.61. The van der Waals surface area contributed by atoms with Gasteiger partial charge in [0.15, 0.2) is 0 Å². The number of methoxy groups -OCH3 is 1. The van der Waals surface area contributed by atoms with Gasteiger partial charge in [0.05, 0.1) is 30.6 Å². The summed E-state index contributed by atoms with van der Waals surface area (Å²) >= 11 is 6.42. The number of halogens is 1. The second-order valence-corrected chi connectivity index (χ2v) is 12.0. The molecule has 0 aliphatic carbocycles. The molecule has 2 aromatic carbocycles. The van der Waals surface area contributed by atoms with Gasteiger partial charge in [-0.05, 0) is 59.8 Å². The van der Waals surface area contributed by atoms with Crippen LogP contribution in [0.15, 0.2) is 55.1 Å². The van der Waals surface area contributed by atoms with Crippen molar-refractivity contribution in [1.82, 2.24) is 35.1 Å². The zero-order chi connectivity index (χ0) is 28.6. The van der Waals surface area contributed by atoms with Crippen LogP contribution in [0.4, 0.5) is 17.3 Å². The molecule has 2 N–H and O–H groups in total. The highest BCUT2D eigenvalue weighted by molar-refractivity contribution is 6.50. The summed E-state index contributed by atoms with van der Waals surface area (Å²) in [6.45, 7) is 6.71. The van der Waals surface area contributed by atoms with Crippen molar-refractivity contribution in [3.05, 3.63) is 60.1 Å². The Morgan fingerprint density at radius 3 is 2.63 bits per heavy atom. The molecular weight excluding hydrogens is 562 g/mol. The van der Waals surface area contributed by atoms with E-state index in [1.165, 1.54) is 0 Å². The molecule has 1 saturated heterocycles. The summed E-state index contributed by atoms with van der Waals surface area (Å²) in [7, 11) is 0.378. The van der Waals surface area contributed by atoms with Crippen LogP contribution in [0.2, 0.25) is 11.6 Å². The number of tetrazole rings is 1. The molecule has 5 rings (SSSR count). The van der Waals surface area contributed by atoms with Crippen molar-refractivity contribution in [3.63, 3.8) is 0 Å². The third kappa shape index (κ3) is 7.49. The minimum absolute atomic E-state index is 0.191. The molecule has 14 heteroatoms. The molecule has 1 aliphatic rings. The maximum atomic E-state index is 9.27. The third-order valence-electron chi connectivity index (χ3n) is 6.78. The first kappa shape index (κ1) is 28.7. The Balaban J connectivity index is 1.24. The molecule has 0 spiro atoms. The van der Waals surface area contributed by atoms with Crippen LogP contribution < -0.4 is 19.4 Å². The van der Waals surface area contributed by atoms with E-state index in [2.05, 4.69) is 46.7 Å². The van der Waals surface area contributed by atoms with E-state index in [4.69, 9.17) is 20.8 Å². The van der Waals surface area contributed by atoms with E-state index in [1.807, 2.05) is 36.9 Å². The fraction of sp³-hybridized carbons (Fsp3) is 0.370. The molecule has 12 nitrogen and oxygen atoms in total. The first-order valence-corrected chi connectivity index (χ1v) is 15.9. The maximum absolute atomic E-state index is 9.27. The zero-order valence-corrected chi connectivity index (χ0v) is 24.8. The number of anilines is 3. The van der Waals surface area contributed by atoms with Crippen molar-refractivity contribution in [3.8, 4) is 22.6 Å². The van der Waals surface area contributed by atoms with Crippen molar-refractivity contribution in [2.45, 2.75) is 19.1 Å². The average Bonchev–Trinajstić information content (AvgIpc) is 3.38. The summed E-state index contributed by atoms with van der Waals surface area (Å²) < 4.78 is 13.5. The van der Waals surface area contributed by atoms with Crippen molar-refractivity contribution >= 4 is 38.0 Å². The molecule has 0 amide bonds. The second-order valence-electron chi connectivity index (χ2n) is 9.67. The molecular formula is C27H33ClN9O3Si. The van der Waals surface area contributed by atoms with E-state index in [9.17, 15) is 5.11 Å². The number of hydrogen-bond donors (Lipinski definition) is 2. The lowest BCUT2D eigenvalue weighted by molar-refractivity contribution is 0.204. The fourth-order valence-corrected chi connectivity index (χ4v) is 6.13. The number of nitrogens with one attached hydrogen (secondary N) is 1. The highest BCUT2D eigenvalue weighted by atomic mass is 35.5. The third-order valence-corrected chi connectivity index (χ3v) is 8.43. The smallest absolute Gasteiger partial charge is 0.300 e. The average molecular weight is 595 g/mol. The van der Waals surface area contributed by atoms with Crippen LogP contribution in [-0.4, -0.2) is 95.7 Å². The van der Waals surface area contributed by atoms with Gasteiger partial charge in [-0.15, -0.1) is 5.10 Å². The van der Waals surface area contributed by atoms with Gasteiger partial charge >= 0.3 is 0 Å². The van der Waals surface area contributed by atoms with Gasteiger partial charge in [0.2, 0.25) is 5.95 Å². The summed E-state index contributed by atoms with van der Waals surface area (Å²) in [5.74, 6) is 1.77. The van der Waals surface area contributed by atoms with Crippen molar-refractivity contribution in [2.24, 2.45) is 0 Å². The van der Waals surface area contributed by atoms with E-state index >= 15 is 0 Å². The molecule has 1 fully saturated rings. The minimum Gasteiger partial charge on any atom is -0.539 e. The molecule has 0 bridgehead atoms. The molecule has 2 aromatic heterocycles. The fourth-order valence-electron chi connectivity index (χ4n) is 4.70. The Labute approximate surface area is 245 Å². The molecule has 4 aromatic rings. The summed E-state index contributed by atoms with van der Waals surface area (Å²) in [6.07, 6.45) is 6.73. The summed E-state index contributed by atoms with van der Waals surface area (Å²) in [6, 6.07) is 11.7. The number of aliphatic hydroxyl groups excluding tert-OH is 1. The van der Waals surface area contributed by atoms with Gasteiger partial charge < -0.3 is 24.5 Å². The second kappa shape index (κ2) is 13.7. The highest BCUT2D eigenvalue weighted by Gasteiger charge is 2.17. The monoisotopic (exact) mass is 594 g/mol.